The van der Waals surface area contributed by atoms with Gasteiger partial charge in [0.1, 0.15) is 5.82 Å². The van der Waals surface area contributed by atoms with Crippen LogP contribution in [0.15, 0.2) is 48.5 Å². The van der Waals surface area contributed by atoms with Gasteiger partial charge in [-0.15, -0.1) is 0 Å². The van der Waals surface area contributed by atoms with Crippen LogP contribution in [-0.4, -0.2) is 34.9 Å². The summed E-state index contributed by atoms with van der Waals surface area (Å²) in [6, 6.07) is 15.1. The first-order chi connectivity index (χ1) is 12.7. The maximum atomic E-state index is 12.4. The van der Waals surface area contributed by atoms with E-state index in [9.17, 15) is 9.59 Å². The first kappa shape index (κ1) is 16.3. The smallest absolute Gasteiger partial charge is 0.251 e. The van der Waals surface area contributed by atoms with Crippen LogP contribution >= 0.6 is 0 Å². The summed E-state index contributed by atoms with van der Waals surface area (Å²) in [5, 5.41) is 2.92. The second-order valence-electron chi connectivity index (χ2n) is 6.41. The van der Waals surface area contributed by atoms with E-state index in [0.29, 0.717) is 24.9 Å². The average molecular weight is 348 g/mol. The first-order valence-corrected chi connectivity index (χ1v) is 8.83. The van der Waals surface area contributed by atoms with Crippen molar-refractivity contribution in [1.29, 1.82) is 0 Å². The fourth-order valence-corrected chi connectivity index (χ4v) is 3.26. The van der Waals surface area contributed by atoms with E-state index in [0.717, 1.165) is 35.5 Å². The van der Waals surface area contributed by atoms with Crippen LogP contribution in [0.4, 0.5) is 5.69 Å². The van der Waals surface area contributed by atoms with Crippen LogP contribution in [0, 0.1) is 0 Å². The summed E-state index contributed by atoms with van der Waals surface area (Å²) in [7, 11) is 0. The minimum atomic E-state index is -0.144. The van der Waals surface area contributed by atoms with Crippen molar-refractivity contribution >= 4 is 28.5 Å². The second-order valence-corrected chi connectivity index (χ2v) is 6.41. The van der Waals surface area contributed by atoms with Gasteiger partial charge >= 0.3 is 0 Å². The number of rotatable bonds is 5. The van der Waals surface area contributed by atoms with Crippen molar-refractivity contribution in [1.82, 2.24) is 15.3 Å². The predicted molar refractivity (Wildman–Crippen MR) is 100 cm³/mol. The van der Waals surface area contributed by atoms with Gasteiger partial charge in [-0.05, 0) is 36.8 Å². The Morgan fingerprint density at radius 3 is 2.88 bits per heavy atom. The Labute approximate surface area is 151 Å². The molecule has 0 unspecified atom stereocenters. The molecule has 0 radical (unpaired) electrons. The number of hydrogen-bond donors (Lipinski definition) is 2. The van der Waals surface area contributed by atoms with Crippen molar-refractivity contribution in [2.75, 3.05) is 18.0 Å². The molecule has 1 saturated heterocycles. The van der Waals surface area contributed by atoms with Crippen molar-refractivity contribution in [3.63, 3.8) is 0 Å². The largest absolute Gasteiger partial charge is 0.352 e. The van der Waals surface area contributed by atoms with E-state index in [2.05, 4.69) is 15.3 Å². The van der Waals surface area contributed by atoms with Gasteiger partial charge in [-0.2, -0.15) is 0 Å². The third-order valence-electron chi connectivity index (χ3n) is 4.58. The van der Waals surface area contributed by atoms with E-state index < -0.39 is 0 Å². The normalized spacial score (nSPS) is 14.2. The minimum Gasteiger partial charge on any atom is -0.352 e. The van der Waals surface area contributed by atoms with Crippen molar-refractivity contribution in [2.24, 2.45) is 0 Å². The fourth-order valence-electron chi connectivity index (χ4n) is 3.26. The Kier molecular flexibility index (Phi) is 4.39. The Morgan fingerprint density at radius 2 is 2.08 bits per heavy atom. The van der Waals surface area contributed by atoms with Crippen molar-refractivity contribution in [3.8, 4) is 0 Å². The van der Waals surface area contributed by atoms with Crippen molar-refractivity contribution in [2.45, 2.75) is 19.3 Å². The van der Waals surface area contributed by atoms with Gasteiger partial charge in [0, 0.05) is 37.2 Å². The van der Waals surface area contributed by atoms with Crippen molar-refractivity contribution < 1.29 is 9.59 Å². The number of anilines is 1. The summed E-state index contributed by atoms with van der Waals surface area (Å²) in [5.41, 5.74) is 3.28. The molecule has 0 atom stereocenters. The van der Waals surface area contributed by atoms with Crippen LogP contribution in [0.2, 0.25) is 0 Å². The summed E-state index contributed by atoms with van der Waals surface area (Å²) >= 11 is 0. The van der Waals surface area contributed by atoms with E-state index >= 15 is 0 Å². The van der Waals surface area contributed by atoms with E-state index in [1.165, 1.54) is 0 Å². The summed E-state index contributed by atoms with van der Waals surface area (Å²) < 4.78 is 0. The molecular weight excluding hydrogens is 328 g/mol. The molecule has 0 saturated carbocycles. The van der Waals surface area contributed by atoms with Gasteiger partial charge in [0.2, 0.25) is 5.91 Å². The summed E-state index contributed by atoms with van der Waals surface area (Å²) in [5.74, 6) is 0.824. The van der Waals surface area contributed by atoms with Gasteiger partial charge in [-0.3, -0.25) is 9.59 Å². The fraction of sp³-hybridized carbons (Fsp3) is 0.250. The molecule has 6 nitrogen and oxygen atoms in total. The molecule has 0 aliphatic carbocycles. The summed E-state index contributed by atoms with van der Waals surface area (Å²) in [6.45, 7) is 1.21. The van der Waals surface area contributed by atoms with Gasteiger partial charge in [0.15, 0.2) is 0 Å². The Morgan fingerprint density at radius 1 is 1.19 bits per heavy atom. The molecule has 1 fully saturated rings. The van der Waals surface area contributed by atoms with Crippen LogP contribution in [-0.2, 0) is 11.2 Å². The number of fused-ring (bicyclic) bond motifs is 1. The van der Waals surface area contributed by atoms with Crippen LogP contribution in [0.25, 0.3) is 11.0 Å². The molecule has 2 N–H and O–H groups in total. The number of aromatic amines is 1. The van der Waals surface area contributed by atoms with Crippen LogP contribution in [0.3, 0.4) is 0 Å². The molecule has 4 rings (SSSR count). The molecule has 2 amide bonds. The van der Waals surface area contributed by atoms with E-state index in [-0.39, 0.29) is 11.8 Å². The highest BCUT2D eigenvalue weighted by atomic mass is 16.2. The number of amides is 2. The third-order valence-corrected chi connectivity index (χ3v) is 4.58. The number of nitrogens with one attached hydrogen (secondary N) is 2. The standard InChI is InChI=1S/C20H20N4O2/c25-19-9-4-12-24(19)15-6-3-5-14(13-15)20(26)21-11-10-18-22-16-7-1-2-8-17(16)23-18/h1-3,5-8,13H,4,9-12H2,(H,21,26)(H,22,23). The Balaban J connectivity index is 1.38. The number of H-pyrrole nitrogens is 1. The zero-order valence-electron chi connectivity index (χ0n) is 14.4. The van der Waals surface area contributed by atoms with Crippen LogP contribution < -0.4 is 10.2 Å². The number of hydrogen-bond acceptors (Lipinski definition) is 3. The number of nitrogens with zero attached hydrogens (tertiary/aromatic N) is 2. The zero-order chi connectivity index (χ0) is 17.9. The molecule has 0 bridgehead atoms. The maximum absolute atomic E-state index is 12.4. The van der Waals surface area contributed by atoms with E-state index in [1.807, 2.05) is 36.4 Å². The highest BCUT2D eigenvalue weighted by molar-refractivity contribution is 5.99. The highest BCUT2D eigenvalue weighted by Crippen LogP contribution is 2.22. The number of carbonyl (C=O) groups excluding carboxylic acids is 2. The topological polar surface area (TPSA) is 78.1 Å². The van der Waals surface area contributed by atoms with Gasteiger partial charge in [0.25, 0.3) is 5.91 Å². The molecule has 3 aromatic rings. The van der Waals surface area contributed by atoms with Gasteiger partial charge < -0.3 is 15.2 Å². The number of para-hydroxylation sites is 2. The molecule has 1 aliphatic rings. The highest BCUT2D eigenvalue weighted by Gasteiger charge is 2.22. The molecule has 132 valence electrons. The SMILES string of the molecule is O=C(NCCc1nc2ccccc2[nH]1)c1cccc(N2CCCC2=O)c1. The number of imidazole rings is 1. The molecule has 2 heterocycles. The van der Waals surface area contributed by atoms with Crippen LogP contribution in [0.1, 0.15) is 29.0 Å². The Bertz CT molecular complexity index is 930. The summed E-state index contributed by atoms with van der Waals surface area (Å²) in [4.78, 5) is 33.8. The first-order valence-electron chi connectivity index (χ1n) is 8.83. The third kappa shape index (κ3) is 3.31. The lowest BCUT2D eigenvalue weighted by Gasteiger charge is -2.16. The minimum absolute atomic E-state index is 0.118. The molecule has 2 aromatic carbocycles. The number of benzene rings is 2. The molecule has 0 spiro atoms. The van der Waals surface area contributed by atoms with Gasteiger partial charge in [-0.25, -0.2) is 4.98 Å². The molecule has 26 heavy (non-hydrogen) atoms. The van der Waals surface area contributed by atoms with Gasteiger partial charge in [0.05, 0.1) is 11.0 Å². The molecule has 1 aliphatic heterocycles. The molecule has 1 aromatic heterocycles. The second kappa shape index (κ2) is 7.00. The average Bonchev–Trinajstić information content (AvgIpc) is 3.27. The monoisotopic (exact) mass is 348 g/mol. The quantitative estimate of drug-likeness (QED) is 0.744. The van der Waals surface area contributed by atoms with Crippen molar-refractivity contribution in [3.05, 3.63) is 59.9 Å². The van der Waals surface area contributed by atoms with Crippen LogP contribution in [0.5, 0.6) is 0 Å². The lowest BCUT2D eigenvalue weighted by molar-refractivity contribution is -0.117. The maximum Gasteiger partial charge on any atom is 0.251 e. The lowest BCUT2D eigenvalue weighted by Crippen LogP contribution is -2.27. The Hall–Kier alpha value is -3.15. The molecule has 6 heteroatoms. The van der Waals surface area contributed by atoms with E-state index in [4.69, 9.17) is 0 Å². The predicted octanol–water partition coefficient (Wildman–Crippen LogP) is 2.66. The summed E-state index contributed by atoms with van der Waals surface area (Å²) in [6.07, 6.45) is 2.07. The number of carbonyl (C=O) groups is 2. The number of aromatic nitrogens is 2. The van der Waals surface area contributed by atoms with E-state index in [1.54, 1.807) is 17.0 Å². The van der Waals surface area contributed by atoms with Gasteiger partial charge in [-0.1, -0.05) is 18.2 Å². The molecular formula is C20H20N4O2. The zero-order valence-corrected chi connectivity index (χ0v) is 14.4. The lowest BCUT2D eigenvalue weighted by atomic mass is 10.1.